The molecule has 11 heteroatoms. The molecule has 0 bridgehead atoms. The number of hydrogen-bond acceptors (Lipinski definition) is 5. The van der Waals surface area contributed by atoms with Crippen LogP contribution in [0.3, 0.4) is 0 Å². The van der Waals surface area contributed by atoms with Crippen molar-refractivity contribution in [2.24, 2.45) is 0 Å². The zero-order valence-electron chi connectivity index (χ0n) is 13.8. The molecule has 0 aromatic heterocycles. The SMILES string of the molecule is CN(C)S(=O)(=O)c1ccc(S(=O)(=O)Nc2ccc(OC(F)F)cc2)cc1. The van der Waals surface area contributed by atoms with Gasteiger partial charge in [0.2, 0.25) is 10.0 Å². The Morgan fingerprint density at radius 1 is 0.885 bits per heavy atom. The highest BCUT2D eigenvalue weighted by Crippen LogP contribution is 2.22. The molecule has 7 nitrogen and oxygen atoms in total. The highest BCUT2D eigenvalue weighted by molar-refractivity contribution is 7.92. The Balaban J connectivity index is 2.20. The highest BCUT2D eigenvalue weighted by atomic mass is 32.2. The summed E-state index contributed by atoms with van der Waals surface area (Å²) in [5, 5.41) is 0. The molecule has 0 aliphatic heterocycles. The molecule has 0 fully saturated rings. The molecule has 0 aliphatic rings. The molecular weight excluding hydrogens is 390 g/mol. The number of halogens is 2. The number of nitrogens with zero attached hydrogens (tertiary/aromatic N) is 1. The maximum absolute atomic E-state index is 12.3. The van der Waals surface area contributed by atoms with Crippen LogP contribution in [0.1, 0.15) is 0 Å². The van der Waals surface area contributed by atoms with E-state index in [2.05, 4.69) is 9.46 Å². The van der Waals surface area contributed by atoms with Crippen LogP contribution in [0, 0.1) is 0 Å². The van der Waals surface area contributed by atoms with Gasteiger partial charge in [0, 0.05) is 19.8 Å². The van der Waals surface area contributed by atoms with Gasteiger partial charge in [-0.15, -0.1) is 0 Å². The van der Waals surface area contributed by atoms with Crippen molar-refractivity contribution in [3.63, 3.8) is 0 Å². The van der Waals surface area contributed by atoms with Gasteiger partial charge in [-0.2, -0.15) is 8.78 Å². The Bertz CT molecular complexity index is 958. The minimum absolute atomic E-state index is 0.0463. The summed E-state index contributed by atoms with van der Waals surface area (Å²) in [6.07, 6.45) is 0. The summed E-state index contributed by atoms with van der Waals surface area (Å²) in [6.45, 7) is -2.98. The standard InChI is InChI=1S/C15H16F2N2O5S2/c1-19(2)26(22,23)14-9-7-13(8-10-14)25(20,21)18-11-3-5-12(6-4-11)24-15(16)17/h3-10,15,18H,1-2H3. The molecule has 0 saturated heterocycles. The van der Waals surface area contributed by atoms with Gasteiger partial charge in [0.1, 0.15) is 5.75 Å². The number of ether oxygens (including phenoxy) is 1. The van der Waals surface area contributed by atoms with Gasteiger partial charge in [-0.25, -0.2) is 21.1 Å². The molecule has 1 N–H and O–H groups in total. The topological polar surface area (TPSA) is 92.8 Å². The smallest absolute Gasteiger partial charge is 0.387 e. The van der Waals surface area contributed by atoms with Crippen LogP contribution in [-0.2, 0) is 20.0 Å². The van der Waals surface area contributed by atoms with Crippen molar-refractivity contribution < 1.29 is 30.4 Å². The van der Waals surface area contributed by atoms with E-state index in [0.717, 1.165) is 16.4 Å². The predicted molar refractivity (Wildman–Crippen MR) is 91.2 cm³/mol. The number of nitrogens with one attached hydrogen (secondary N) is 1. The summed E-state index contributed by atoms with van der Waals surface area (Å²) in [5.74, 6) is -0.110. The minimum Gasteiger partial charge on any atom is -0.435 e. The van der Waals surface area contributed by atoms with Gasteiger partial charge in [0.05, 0.1) is 9.79 Å². The third kappa shape index (κ3) is 4.68. The monoisotopic (exact) mass is 406 g/mol. The second-order valence-corrected chi connectivity index (χ2v) is 9.10. The molecule has 0 unspecified atom stereocenters. The zero-order chi connectivity index (χ0) is 19.5. The van der Waals surface area contributed by atoms with Crippen LogP contribution in [-0.4, -0.2) is 41.8 Å². The molecule has 0 radical (unpaired) electrons. The predicted octanol–water partition coefficient (Wildman–Crippen LogP) is 2.34. The molecule has 0 aliphatic carbocycles. The van der Waals surface area contributed by atoms with E-state index < -0.39 is 26.7 Å². The van der Waals surface area contributed by atoms with Gasteiger partial charge in [0.15, 0.2) is 0 Å². The van der Waals surface area contributed by atoms with Crippen molar-refractivity contribution >= 4 is 25.7 Å². The lowest BCUT2D eigenvalue weighted by atomic mass is 10.3. The Morgan fingerprint density at radius 3 is 1.85 bits per heavy atom. The summed E-state index contributed by atoms with van der Waals surface area (Å²) < 4.78 is 80.3. The first-order chi connectivity index (χ1) is 12.0. The first kappa shape index (κ1) is 20.1. The molecule has 26 heavy (non-hydrogen) atoms. The van der Waals surface area contributed by atoms with Crippen molar-refractivity contribution in [1.29, 1.82) is 0 Å². The van der Waals surface area contributed by atoms with Gasteiger partial charge < -0.3 is 4.74 Å². The number of sulfonamides is 2. The quantitative estimate of drug-likeness (QED) is 0.762. The molecule has 142 valence electrons. The lowest BCUT2D eigenvalue weighted by Crippen LogP contribution is -2.22. The summed E-state index contributed by atoms with van der Waals surface area (Å²) in [5.41, 5.74) is 0.136. The molecule has 2 aromatic carbocycles. The molecule has 2 aromatic rings. The third-order valence-electron chi connectivity index (χ3n) is 3.24. The molecule has 2 rings (SSSR count). The lowest BCUT2D eigenvalue weighted by molar-refractivity contribution is -0.0498. The van der Waals surface area contributed by atoms with Gasteiger partial charge in [0.25, 0.3) is 10.0 Å². The molecule has 0 spiro atoms. The minimum atomic E-state index is -3.98. The highest BCUT2D eigenvalue weighted by Gasteiger charge is 2.19. The number of hydrogen-bond donors (Lipinski definition) is 1. The maximum Gasteiger partial charge on any atom is 0.387 e. The summed E-state index contributed by atoms with van der Waals surface area (Å²) in [4.78, 5) is -0.196. The van der Waals surface area contributed by atoms with E-state index in [9.17, 15) is 25.6 Å². The van der Waals surface area contributed by atoms with E-state index in [1.165, 1.54) is 50.5 Å². The summed E-state index contributed by atoms with van der Waals surface area (Å²) >= 11 is 0. The van der Waals surface area contributed by atoms with Crippen LogP contribution in [0.25, 0.3) is 0 Å². The van der Waals surface area contributed by atoms with Crippen LogP contribution in [0.4, 0.5) is 14.5 Å². The first-order valence-corrected chi connectivity index (χ1v) is 10.0. The van der Waals surface area contributed by atoms with E-state index in [1.54, 1.807) is 0 Å². The normalized spacial score (nSPS) is 12.4. The number of anilines is 1. The first-order valence-electron chi connectivity index (χ1n) is 7.13. The Kier molecular flexibility index (Phi) is 5.84. The Morgan fingerprint density at radius 2 is 1.38 bits per heavy atom. The lowest BCUT2D eigenvalue weighted by Gasteiger charge is -2.12. The van der Waals surface area contributed by atoms with Gasteiger partial charge in [-0.3, -0.25) is 4.72 Å². The number of alkyl halides is 2. The largest absolute Gasteiger partial charge is 0.435 e. The van der Waals surface area contributed by atoms with Crippen LogP contribution < -0.4 is 9.46 Å². The van der Waals surface area contributed by atoms with E-state index >= 15 is 0 Å². The van der Waals surface area contributed by atoms with Gasteiger partial charge in [-0.1, -0.05) is 0 Å². The molecule has 0 atom stereocenters. The molecular formula is C15H16F2N2O5S2. The Labute approximate surface area is 150 Å². The fraction of sp³-hybridized carbons (Fsp3) is 0.200. The summed E-state index contributed by atoms with van der Waals surface area (Å²) in [6, 6.07) is 9.60. The van der Waals surface area contributed by atoms with E-state index in [4.69, 9.17) is 0 Å². The van der Waals surface area contributed by atoms with E-state index in [-0.39, 0.29) is 21.2 Å². The fourth-order valence-corrected chi connectivity index (χ4v) is 3.88. The van der Waals surface area contributed by atoms with Crippen molar-refractivity contribution in [3.05, 3.63) is 48.5 Å². The summed E-state index contributed by atoms with van der Waals surface area (Å²) in [7, 11) is -4.92. The van der Waals surface area contributed by atoms with Crippen molar-refractivity contribution in [3.8, 4) is 5.75 Å². The van der Waals surface area contributed by atoms with Crippen molar-refractivity contribution in [2.45, 2.75) is 16.4 Å². The maximum atomic E-state index is 12.3. The third-order valence-corrected chi connectivity index (χ3v) is 6.47. The van der Waals surface area contributed by atoms with Gasteiger partial charge >= 0.3 is 6.61 Å². The second-order valence-electron chi connectivity index (χ2n) is 5.27. The van der Waals surface area contributed by atoms with E-state index in [1.807, 2.05) is 0 Å². The fourth-order valence-electron chi connectivity index (χ4n) is 1.92. The van der Waals surface area contributed by atoms with Crippen molar-refractivity contribution in [2.75, 3.05) is 18.8 Å². The molecule has 0 heterocycles. The van der Waals surface area contributed by atoms with Crippen LogP contribution in [0.2, 0.25) is 0 Å². The van der Waals surface area contributed by atoms with Crippen LogP contribution in [0.15, 0.2) is 58.3 Å². The van der Waals surface area contributed by atoms with Gasteiger partial charge in [-0.05, 0) is 48.5 Å². The molecule has 0 amide bonds. The molecule has 0 saturated carbocycles. The number of benzene rings is 2. The average Bonchev–Trinajstić information content (AvgIpc) is 2.56. The number of rotatable bonds is 7. The van der Waals surface area contributed by atoms with Crippen LogP contribution >= 0.6 is 0 Å². The van der Waals surface area contributed by atoms with Crippen LogP contribution in [0.5, 0.6) is 5.75 Å². The van der Waals surface area contributed by atoms with Crippen molar-refractivity contribution in [1.82, 2.24) is 4.31 Å². The Hall–Kier alpha value is -2.24. The zero-order valence-corrected chi connectivity index (χ0v) is 15.4. The average molecular weight is 406 g/mol. The van der Waals surface area contributed by atoms with E-state index in [0.29, 0.717) is 0 Å². The second kappa shape index (κ2) is 7.56.